The van der Waals surface area contributed by atoms with Crippen molar-refractivity contribution in [3.05, 3.63) is 84.2 Å². The van der Waals surface area contributed by atoms with E-state index in [0.29, 0.717) is 6.61 Å². The molecule has 0 spiro atoms. The van der Waals surface area contributed by atoms with Crippen molar-refractivity contribution in [2.75, 3.05) is 19.7 Å². The molecule has 1 aliphatic rings. The Bertz CT molecular complexity index is 867. The molecule has 4 nitrogen and oxygen atoms in total. The Morgan fingerprint density at radius 3 is 2.77 bits per heavy atom. The van der Waals surface area contributed by atoms with Gasteiger partial charge in [0.05, 0.1) is 12.7 Å². The lowest BCUT2D eigenvalue weighted by Crippen LogP contribution is -2.37. The smallest absolute Gasteiger partial charge is 0.115 e. The average Bonchev–Trinajstić information content (AvgIpc) is 2.69. The Morgan fingerprint density at radius 1 is 1.04 bits per heavy atom. The fraction of sp³-hybridized carbons (Fsp3) is 0.227. The summed E-state index contributed by atoms with van der Waals surface area (Å²) in [4.78, 5) is 6.61. The van der Waals surface area contributed by atoms with Gasteiger partial charge in [-0.25, -0.2) is 0 Å². The van der Waals surface area contributed by atoms with Crippen LogP contribution in [0.5, 0.6) is 5.75 Å². The number of hydrogen-bond acceptors (Lipinski definition) is 4. The minimum absolute atomic E-state index is 0.00245. The Labute approximate surface area is 153 Å². The Kier molecular flexibility index (Phi) is 4.95. The van der Waals surface area contributed by atoms with Crippen LogP contribution in [0.1, 0.15) is 17.2 Å². The van der Waals surface area contributed by atoms with Gasteiger partial charge in [-0.15, -0.1) is 0 Å². The maximum atomic E-state index is 9.71. The van der Waals surface area contributed by atoms with Gasteiger partial charge in [0.15, 0.2) is 0 Å². The topological polar surface area (TPSA) is 45.6 Å². The fourth-order valence-electron chi connectivity index (χ4n) is 3.41. The molecule has 1 saturated heterocycles. The van der Waals surface area contributed by atoms with Gasteiger partial charge in [0.1, 0.15) is 5.75 Å². The van der Waals surface area contributed by atoms with Crippen LogP contribution in [0.2, 0.25) is 0 Å². The zero-order valence-corrected chi connectivity index (χ0v) is 14.6. The van der Waals surface area contributed by atoms with E-state index in [2.05, 4.69) is 40.2 Å². The highest BCUT2D eigenvalue weighted by atomic mass is 16.5. The van der Waals surface area contributed by atoms with Crippen LogP contribution in [0.25, 0.3) is 11.1 Å². The van der Waals surface area contributed by atoms with Crippen LogP contribution in [-0.2, 0) is 11.3 Å². The Morgan fingerprint density at radius 2 is 1.92 bits per heavy atom. The first-order valence-corrected chi connectivity index (χ1v) is 8.90. The van der Waals surface area contributed by atoms with Crippen LogP contribution in [0.3, 0.4) is 0 Å². The third kappa shape index (κ3) is 3.93. The van der Waals surface area contributed by atoms with Gasteiger partial charge in [0.2, 0.25) is 0 Å². The van der Waals surface area contributed by atoms with Gasteiger partial charge in [-0.3, -0.25) is 9.88 Å². The molecule has 1 atom stereocenters. The molecule has 0 amide bonds. The summed E-state index contributed by atoms with van der Waals surface area (Å²) in [5.74, 6) is 0.285. The number of pyridine rings is 1. The summed E-state index contributed by atoms with van der Waals surface area (Å²) in [6.45, 7) is 3.31. The number of phenolic OH excluding ortho intramolecular Hbond substituents is 1. The molecule has 0 saturated carbocycles. The second-order valence-corrected chi connectivity index (χ2v) is 6.63. The van der Waals surface area contributed by atoms with Crippen molar-refractivity contribution in [3.8, 4) is 16.9 Å². The van der Waals surface area contributed by atoms with E-state index < -0.39 is 0 Å². The lowest BCUT2D eigenvalue weighted by Gasteiger charge is -2.33. The zero-order chi connectivity index (χ0) is 17.8. The van der Waals surface area contributed by atoms with Crippen molar-refractivity contribution in [2.45, 2.75) is 12.6 Å². The van der Waals surface area contributed by atoms with E-state index in [1.165, 1.54) is 11.1 Å². The Hall–Kier alpha value is -2.69. The molecule has 132 valence electrons. The lowest BCUT2D eigenvalue weighted by molar-refractivity contribution is -0.0330. The summed E-state index contributed by atoms with van der Waals surface area (Å²) in [6.07, 6.45) is 3.69. The molecule has 2 aromatic carbocycles. The molecule has 1 aromatic heterocycles. The largest absolute Gasteiger partial charge is 0.508 e. The van der Waals surface area contributed by atoms with Gasteiger partial charge < -0.3 is 9.84 Å². The van der Waals surface area contributed by atoms with E-state index in [9.17, 15) is 5.11 Å². The molecule has 0 bridgehead atoms. The van der Waals surface area contributed by atoms with Crippen LogP contribution in [0.15, 0.2) is 73.1 Å². The monoisotopic (exact) mass is 346 g/mol. The molecule has 0 aliphatic carbocycles. The summed E-state index contributed by atoms with van der Waals surface area (Å²) in [5.41, 5.74) is 4.63. The van der Waals surface area contributed by atoms with Crippen molar-refractivity contribution in [2.24, 2.45) is 0 Å². The number of nitrogens with zero attached hydrogens (tertiary/aromatic N) is 2. The fourth-order valence-corrected chi connectivity index (χ4v) is 3.41. The number of aromatic hydroxyl groups is 1. The minimum atomic E-state index is -0.00245. The third-order valence-corrected chi connectivity index (χ3v) is 4.72. The first kappa shape index (κ1) is 16.8. The highest BCUT2D eigenvalue weighted by Gasteiger charge is 2.22. The number of rotatable bonds is 4. The van der Waals surface area contributed by atoms with Crippen LogP contribution >= 0.6 is 0 Å². The second-order valence-electron chi connectivity index (χ2n) is 6.63. The summed E-state index contributed by atoms with van der Waals surface area (Å²) in [6, 6.07) is 20.0. The van der Waals surface area contributed by atoms with Crippen LogP contribution in [-0.4, -0.2) is 34.7 Å². The summed E-state index contributed by atoms with van der Waals surface area (Å²) in [7, 11) is 0. The van der Waals surface area contributed by atoms with Crippen molar-refractivity contribution in [3.63, 3.8) is 0 Å². The van der Waals surface area contributed by atoms with E-state index in [1.807, 2.05) is 24.4 Å². The van der Waals surface area contributed by atoms with Crippen LogP contribution in [0.4, 0.5) is 0 Å². The molecular weight excluding hydrogens is 324 g/mol. The van der Waals surface area contributed by atoms with Gasteiger partial charge in [-0.05, 0) is 46.5 Å². The highest BCUT2D eigenvalue weighted by molar-refractivity contribution is 5.62. The predicted octanol–water partition coefficient (Wildman–Crippen LogP) is 4.03. The Balaban J connectivity index is 1.47. The number of benzene rings is 2. The standard InChI is InChI=1S/C22H22N2O2/c25-21-8-2-6-19(13-21)22-16-24(10-11-26-22)15-17-4-1-5-18(12-17)20-7-3-9-23-14-20/h1-9,12-14,22,25H,10-11,15-16H2. The molecule has 1 fully saturated rings. The summed E-state index contributed by atoms with van der Waals surface area (Å²) >= 11 is 0. The number of ether oxygens (including phenoxy) is 1. The van der Waals surface area contributed by atoms with E-state index in [-0.39, 0.29) is 11.9 Å². The number of hydrogen-bond donors (Lipinski definition) is 1. The molecule has 4 heteroatoms. The third-order valence-electron chi connectivity index (χ3n) is 4.72. The molecule has 26 heavy (non-hydrogen) atoms. The molecule has 2 heterocycles. The van der Waals surface area contributed by atoms with Crippen molar-refractivity contribution < 1.29 is 9.84 Å². The van der Waals surface area contributed by atoms with Crippen molar-refractivity contribution in [1.82, 2.24) is 9.88 Å². The SMILES string of the molecule is Oc1cccc(C2CN(Cc3cccc(-c4cccnc4)c3)CCO2)c1. The van der Waals surface area contributed by atoms with E-state index in [4.69, 9.17) is 4.74 Å². The maximum absolute atomic E-state index is 9.71. The molecule has 0 radical (unpaired) electrons. The van der Waals surface area contributed by atoms with E-state index in [1.54, 1.807) is 18.3 Å². The van der Waals surface area contributed by atoms with Gasteiger partial charge in [0.25, 0.3) is 0 Å². The molecule has 1 aliphatic heterocycles. The molecule has 1 unspecified atom stereocenters. The van der Waals surface area contributed by atoms with E-state index >= 15 is 0 Å². The highest BCUT2D eigenvalue weighted by Crippen LogP contribution is 2.26. The zero-order valence-electron chi connectivity index (χ0n) is 14.6. The van der Waals surface area contributed by atoms with E-state index in [0.717, 1.165) is 30.8 Å². The number of phenols is 1. The van der Waals surface area contributed by atoms with Gasteiger partial charge in [0, 0.05) is 32.0 Å². The maximum Gasteiger partial charge on any atom is 0.115 e. The predicted molar refractivity (Wildman–Crippen MR) is 102 cm³/mol. The number of aromatic nitrogens is 1. The number of morpholine rings is 1. The molecular formula is C22H22N2O2. The van der Waals surface area contributed by atoms with Crippen molar-refractivity contribution >= 4 is 0 Å². The molecule has 3 aromatic rings. The molecule has 4 rings (SSSR count). The summed E-state index contributed by atoms with van der Waals surface area (Å²) in [5, 5.41) is 9.71. The molecule has 1 N–H and O–H groups in total. The minimum Gasteiger partial charge on any atom is -0.508 e. The van der Waals surface area contributed by atoms with Crippen LogP contribution < -0.4 is 0 Å². The normalized spacial score (nSPS) is 17.9. The summed E-state index contributed by atoms with van der Waals surface area (Å²) < 4.78 is 5.92. The average molecular weight is 346 g/mol. The van der Waals surface area contributed by atoms with Crippen molar-refractivity contribution in [1.29, 1.82) is 0 Å². The van der Waals surface area contributed by atoms with Gasteiger partial charge in [-0.2, -0.15) is 0 Å². The van der Waals surface area contributed by atoms with Crippen LogP contribution in [0, 0.1) is 0 Å². The first-order chi connectivity index (χ1) is 12.8. The lowest BCUT2D eigenvalue weighted by atomic mass is 10.0. The second kappa shape index (κ2) is 7.68. The van der Waals surface area contributed by atoms with Gasteiger partial charge >= 0.3 is 0 Å². The van der Waals surface area contributed by atoms with Gasteiger partial charge in [-0.1, -0.05) is 36.4 Å². The quantitative estimate of drug-likeness (QED) is 0.775. The first-order valence-electron chi connectivity index (χ1n) is 8.90.